The van der Waals surface area contributed by atoms with Gasteiger partial charge in [-0.1, -0.05) is 15.9 Å². The van der Waals surface area contributed by atoms with Crippen LogP contribution < -0.4 is 0 Å². The Morgan fingerprint density at radius 1 is 1.00 bits per heavy atom. The second-order valence-electron chi connectivity index (χ2n) is 7.73. The standard InChI is InChI=1S/C16H29BrN2O4/c1-15(2,3)22-13(20)18-9-10-19(12(11-18)7-8-17)14(21)23-16(4,5)6/h12H,7-11H2,1-6H3. The molecule has 1 saturated heterocycles. The summed E-state index contributed by atoms with van der Waals surface area (Å²) in [7, 11) is 0. The molecule has 1 aliphatic heterocycles. The van der Waals surface area contributed by atoms with Crippen molar-refractivity contribution in [2.24, 2.45) is 0 Å². The van der Waals surface area contributed by atoms with Crippen LogP contribution in [0.15, 0.2) is 0 Å². The molecule has 1 rings (SSSR count). The molecule has 0 saturated carbocycles. The topological polar surface area (TPSA) is 59.1 Å². The molecule has 1 atom stereocenters. The van der Waals surface area contributed by atoms with Crippen LogP contribution in [-0.2, 0) is 9.47 Å². The first kappa shape index (κ1) is 20.1. The van der Waals surface area contributed by atoms with Gasteiger partial charge in [-0.2, -0.15) is 0 Å². The van der Waals surface area contributed by atoms with Crippen LogP contribution in [0.5, 0.6) is 0 Å². The number of rotatable bonds is 2. The van der Waals surface area contributed by atoms with E-state index in [0.29, 0.717) is 19.6 Å². The predicted molar refractivity (Wildman–Crippen MR) is 92.9 cm³/mol. The van der Waals surface area contributed by atoms with E-state index < -0.39 is 11.2 Å². The molecule has 23 heavy (non-hydrogen) atoms. The van der Waals surface area contributed by atoms with Crippen molar-refractivity contribution in [3.8, 4) is 0 Å². The van der Waals surface area contributed by atoms with Gasteiger partial charge in [0.1, 0.15) is 11.2 Å². The van der Waals surface area contributed by atoms with Gasteiger partial charge >= 0.3 is 12.2 Å². The van der Waals surface area contributed by atoms with Gasteiger partial charge in [-0.3, -0.25) is 0 Å². The maximum Gasteiger partial charge on any atom is 0.410 e. The van der Waals surface area contributed by atoms with Gasteiger partial charge in [0.05, 0.1) is 6.04 Å². The van der Waals surface area contributed by atoms with Crippen molar-refractivity contribution < 1.29 is 19.1 Å². The molecule has 0 N–H and O–H groups in total. The number of hydrogen-bond donors (Lipinski definition) is 0. The molecule has 2 amide bonds. The average molecular weight is 393 g/mol. The quantitative estimate of drug-likeness (QED) is 0.673. The lowest BCUT2D eigenvalue weighted by atomic mass is 10.1. The number of nitrogens with zero attached hydrogens (tertiary/aromatic N) is 2. The second kappa shape index (κ2) is 7.73. The Labute approximate surface area is 147 Å². The number of carbonyl (C=O) groups is 2. The molecular formula is C16H29BrN2O4. The van der Waals surface area contributed by atoms with Gasteiger partial charge in [0, 0.05) is 25.0 Å². The third-order valence-corrected chi connectivity index (χ3v) is 3.66. The second-order valence-corrected chi connectivity index (χ2v) is 8.52. The molecule has 7 heteroatoms. The first-order valence-corrected chi connectivity index (χ1v) is 9.08. The highest BCUT2D eigenvalue weighted by molar-refractivity contribution is 9.09. The molecule has 1 unspecified atom stereocenters. The number of carbonyl (C=O) groups excluding carboxylic acids is 2. The minimum atomic E-state index is -0.529. The van der Waals surface area contributed by atoms with E-state index in [9.17, 15) is 9.59 Å². The molecule has 6 nitrogen and oxygen atoms in total. The smallest absolute Gasteiger partial charge is 0.410 e. The fourth-order valence-electron chi connectivity index (χ4n) is 2.28. The van der Waals surface area contributed by atoms with Gasteiger partial charge in [-0.25, -0.2) is 9.59 Å². The predicted octanol–water partition coefficient (Wildman–Crippen LogP) is 3.63. The highest BCUT2D eigenvalue weighted by Gasteiger charge is 2.35. The third kappa shape index (κ3) is 6.97. The number of piperazine rings is 1. The molecule has 1 fully saturated rings. The van der Waals surface area contributed by atoms with E-state index in [4.69, 9.17) is 9.47 Å². The van der Waals surface area contributed by atoms with Gasteiger partial charge in [-0.05, 0) is 48.0 Å². The van der Waals surface area contributed by atoms with Crippen LogP contribution in [0.1, 0.15) is 48.0 Å². The molecule has 0 aromatic carbocycles. The molecule has 0 aromatic rings. The summed E-state index contributed by atoms with van der Waals surface area (Å²) in [6.45, 7) is 12.4. The molecule has 0 bridgehead atoms. The Morgan fingerprint density at radius 2 is 1.52 bits per heavy atom. The van der Waals surface area contributed by atoms with Gasteiger partial charge < -0.3 is 19.3 Å². The summed E-state index contributed by atoms with van der Waals surface area (Å²) in [5, 5.41) is 0.749. The zero-order valence-corrected chi connectivity index (χ0v) is 16.6. The third-order valence-electron chi connectivity index (χ3n) is 3.20. The summed E-state index contributed by atoms with van der Waals surface area (Å²) in [6.07, 6.45) is 0.0895. The maximum atomic E-state index is 12.4. The van der Waals surface area contributed by atoms with Gasteiger partial charge in [0.2, 0.25) is 0 Å². The van der Waals surface area contributed by atoms with Crippen molar-refractivity contribution in [3.63, 3.8) is 0 Å². The zero-order chi connectivity index (χ0) is 17.8. The molecule has 0 aromatic heterocycles. The number of ether oxygens (including phenoxy) is 2. The summed E-state index contributed by atoms with van der Waals surface area (Å²) in [6, 6.07) is -0.0782. The Hall–Kier alpha value is -0.980. The number of alkyl halides is 1. The van der Waals surface area contributed by atoms with Crippen LogP contribution in [0, 0.1) is 0 Å². The lowest BCUT2D eigenvalue weighted by Crippen LogP contribution is -2.58. The van der Waals surface area contributed by atoms with Gasteiger partial charge in [0.25, 0.3) is 0 Å². The van der Waals surface area contributed by atoms with Crippen molar-refractivity contribution in [1.29, 1.82) is 0 Å². The minimum Gasteiger partial charge on any atom is -0.444 e. The van der Waals surface area contributed by atoms with Gasteiger partial charge in [0.15, 0.2) is 0 Å². The largest absolute Gasteiger partial charge is 0.444 e. The lowest BCUT2D eigenvalue weighted by molar-refractivity contribution is -0.0150. The van der Waals surface area contributed by atoms with Crippen LogP contribution in [0.4, 0.5) is 9.59 Å². The fraction of sp³-hybridized carbons (Fsp3) is 0.875. The molecule has 0 radical (unpaired) electrons. The van der Waals surface area contributed by atoms with Crippen molar-refractivity contribution in [2.45, 2.75) is 65.2 Å². The van der Waals surface area contributed by atoms with E-state index in [1.807, 2.05) is 41.5 Å². The Balaban J connectivity index is 2.74. The Kier molecular flexibility index (Phi) is 6.74. The summed E-state index contributed by atoms with van der Waals surface area (Å²) in [5.41, 5.74) is -1.05. The summed E-state index contributed by atoms with van der Waals surface area (Å²) >= 11 is 3.42. The monoisotopic (exact) mass is 392 g/mol. The summed E-state index contributed by atoms with van der Waals surface area (Å²) in [4.78, 5) is 28.0. The highest BCUT2D eigenvalue weighted by atomic mass is 79.9. The SMILES string of the molecule is CC(C)(C)OC(=O)N1CCN(C(=O)OC(C)(C)C)C(CCBr)C1. The van der Waals surface area contributed by atoms with Crippen LogP contribution in [-0.4, -0.2) is 64.2 Å². The first-order valence-electron chi connectivity index (χ1n) is 7.96. The molecular weight excluding hydrogens is 364 g/mol. The minimum absolute atomic E-state index is 0.0782. The first-order chi connectivity index (χ1) is 10.4. The number of hydrogen-bond acceptors (Lipinski definition) is 4. The number of halogens is 1. The van der Waals surface area contributed by atoms with E-state index in [-0.39, 0.29) is 18.2 Å². The Bertz CT molecular complexity index is 429. The van der Waals surface area contributed by atoms with E-state index in [1.54, 1.807) is 9.80 Å². The van der Waals surface area contributed by atoms with Crippen LogP contribution in [0.3, 0.4) is 0 Å². The van der Waals surface area contributed by atoms with Crippen molar-refractivity contribution in [1.82, 2.24) is 9.80 Å². The van der Waals surface area contributed by atoms with E-state index in [1.165, 1.54) is 0 Å². The maximum absolute atomic E-state index is 12.4. The van der Waals surface area contributed by atoms with Crippen molar-refractivity contribution >= 4 is 28.1 Å². The number of amides is 2. The summed E-state index contributed by atoms with van der Waals surface area (Å²) in [5.74, 6) is 0. The highest BCUT2D eigenvalue weighted by Crippen LogP contribution is 2.20. The molecule has 1 heterocycles. The molecule has 0 spiro atoms. The normalized spacial score (nSPS) is 19.5. The van der Waals surface area contributed by atoms with Crippen molar-refractivity contribution in [2.75, 3.05) is 25.0 Å². The zero-order valence-electron chi connectivity index (χ0n) is 15.0. The molecule has 1 aliphatic rings. The van der Waals surface area contributed by atoms with Gasteiger partial charge in [-0.15, -0.1) is 0 Å². The van der Waals surface area contributed by atoms with Crippen LogP contribution in [0.25, 0.3) is 0 Å². The molecule has 0 aliphatic carbocycles. The Morgan fingerprint density at radius 3 is 2.00 bits per heavy atom. The molecule has 134 valence electrons. The van der Waals surface area contributed by atoms with Crippen LogP contribution in [0.2, 0.25) is 0 Å². The fourth-order valence-corrected chi connectivity index (χ4v) is 2.81. The van der Waals surface area contributed by atoms with Crippen LogP contribution >= 0.6 is 15.9 Å². The average Bonchev–Trinajstić information content (AvgIpc) is 2.34. The van der Waals surface area contributed by atoms with E-state index in [2.05, 4.69) is 15.9 Å². The lowest BCUT2D eigenvalue weighted by Gasteiger charge is -2.41. The summed E-state index contributed by atoms with van der Waals surface area (Å²) < 4.78 is 10.9. The van der Waals surface area contributed by atoms with E-state index >= 15 is 0 Å². The van der Waals surface area contributed by atoms with Crippen molar-refractivity contribution in [3.05, 3.63) is 0 Å². The van der Waals surface area contributed by atoms with E-state index in [0.717, 1.165) is 11.8 Å².